The van der Waals surface area contributed by atoms with Crippen LogP contribution in [-0.2, 0) is 9.53 Å². The van der Waals surface area contributed by atoms with Gasteiger partial charge in [0.15, 0.2) is 6.61 Å². The number of nitro groups is 2. The van der Waals surface area contributed by atoms with E-state index in [0.29, 0.717) is 0 Å². The maximum Gasteiger partial charge on any atom is 0.308 e. The molecule has 9 heteroatoms. The predicted octanol–water partition coefficient (Wildman–Crippen LogP) is 1.48. The Labute approximate surface area is 119 Å². The highest BCUT2D eigenvalue weighted by Gasteiger charge is 2.19. The fourth-order valence-electron chi connectivity index (χ4n) is 1.43. The number of anilines is 1. The van der Waals surface area contributed by atoms with Crippen LogP contribution in [0.2, 0.25) is 0 Å². The zero-order chi connectivity index (χ0) is 15.8. The maximum atomic E-state index is 11.2. The molecule has 0 heterocycles. The van der Waals surface area contributed by atoms with Crippen molar-refractivity contribution < 1.29 is 19.4 Å². The molecule has 0 atom stereocenters. The molecule has 0 saturated heterocycles. The Hall–Kier alpha value is -3.15. The van der Waals surface area contributed by atoms with Gasteiger partial charge in [0.1, 0.15) is 5.69 Å². The van der Waals surface area contributed by atoms with Crippen LogP contribution in [0.15, 0.2) is 18.2 Å². The monoisotopic (exact) mass is 293 g/mol. The second-order valence-corrected chi connectivity index (χ2v) is 3.76. The van der Waals surface area contributed by atoms with Crippen LogP contribution in [0.1, 0.15) is 6.42 Å². The molecule has 0 saturated carbocycles. The lowest BCUT2D eigenvalue weighted by Gasteiger charge is -2.06. The maximum absolute atomic E-state index is 11.2. The Morgan fingerprint density at radius 1 is 1.33 bits per heavy atom. The molecule has 0 fully saturated rings. The van der Waals surface area contributed by atoms with Crippen molar-refractivity contribution in [3.63, 3.8) is 0 Å². The van der Waals surface area contributed by atoms with Gasteiger partial charge in [0.2, 0.25) is 0 Å². The summed E-state index contributed by atoms with van der Waals surface area (Å²) < 4.78 is 4.62. The van der Waals surface area contributed by atoms with Crippen molar-refractivity contribution in [3.05, 3.63) is 38.4 Å². The van der Waals surface area contributed by atoms with E-state index in [1.165, 1.54) is 6.07 Å². The average Bonchev–Trinajstić information content (AvgIpc) is 2.44. The molecule has 0 aliphatic heterocycles. The number of hydrogen-bond acceptors (Lipinski definition) is 7. The standard InChI is InChI=1S/C12H11N3O6/c1-2-7-21-12(16)5-6-13-10-4-3-9(14(17)18)8-11(10)15(19)20/h1,3-4,8,13H,5-7H2. The fourth-order valence-corrected chi connectivity index (χ4v) is 1.43. The first-order chi connectivity index (χ1) is 9.95. The van der Waals surface area contributed by atoms with E-state index in [9.17, 15) is 25.0 Å². The molecule has 1 aromatic rings. The molecule has 0 aliphatic carbocycles. The number of hydrogen-bond donors (Lipinski definition) is 1. The first kappa shape index (κ1) is 15.9. The molecule has 1 aromatic carbocycles. The van der Waals surface area contributed by atoms with Crippen LogP contribution < -0.4 is 5.32 Å². The number of nitro benzene ring substituents is 2. The predicted molar refractivity (Wildman–Crippen MR) is 72.6 cm³/mol. The van der Waals surface area contributed by atoms with E-state index >= 15 is 0 Å². The van der Waals surface area contributed by atoms with E-state index in [2.05, 4.69) is 16.0 Å². The molecule has 1 rings (SSSR count). The van der Waals surface area contributed by atoms with Gasteiger partial charge in [-0.2, -0.15) is 0 Å². The third-order valence-electron chi connectivity index (χ3n) is 2.35. The normalized spacial score (nSPS) is 9.48. The van der Waals surface area contributed by atoms with Gasteiger partial charge in [-0.1, -0.05) is 5.92 Å². The second kappa shape index (κ2) is 7.44. The molecule has 0 spiro atoms. The van der Waals surface area contributed by atoms with E-state index < -0.39 is 21.5 Å². The number of ether oxygens (including phenoxy) is 1. The SMILES string of the molecule is C#CCOC(=O)CCNc1ccc([N+](=O)[O-])cc1[N+](=O)[O-]. The largest absolute Gasteiger partial charge is 0.452 e. The Morgan fingerprint density at radius 2 is 2.05 bits per heavy atom. The van der Waals surface area contributed by atoms with Crippen LogP contribution in [0, 0.1) is 32.6 Å². The van der Waals surface area contributed by atoms with E-state index in [0.717, 1.165) is 12.1 Å². The summed E-state index contributed by atoms with van der Waals surface area (Å²) in [6.07, 6.45) is 4.87. The van der Waals surface area contributed by atoms with E-state index in [1.807, 2.05) is 0 Å². The van der Waals surface area contributed by atoms with Gasteiger partial charge in [0, 0.05) is 12.6 Å². The molecule has 1 N–H and O–H groups in total. The topological polar surface area (TPSA) is 125 Å². The van der Waals surface area contributed by atoms with Crippen LogP contribution in [0.25, 0.3) is 0 Å². The average molecular weight is 293 g/mol. The summed E-state index contributed by atoms with van der Waals surface area (Å²) in [5.41, 5.74) is -0.753. The van der Waals surface area contributed by atoms with Gasteiger partial charge in [-0.3, -0.25) is 25.0 Å². The van der Waals surface area contributed by atoms with Gasteiger partial charge in [0.05, 0.1) is 22.3 Å². The molecule has 9 nitrogen and oxygen atoms in total. The Balaban J connectivity index is 2.71. The summed E-state index contributed by atoms with van der Waals surface area (Å²) in [6.45, 7) is -0.0709. The quantitative estimate of drug-likeness (QED) is 0.349. The third-order valence-corrected chi connectivity index (χ3v) is 2.35. The van der Waals surface area contributed by atoms with Crippen molar-refractivity contribution in [2.45, 2.75) is 6.42 Å². The highest BCUT2D eigenvalue weighted by Crippen LogP contribution is 2.28. The Bertz CT molecular complexity index is 608. The van der Waals surface area contributed by atoms with Gasteiger partial charge in [-0.15, -0.1) is 6.42 Å². The summed E-state index contributed by atoms with van der Waals surface area (Å²) in [5.74, 6) is 1.58. The third kappa shape index (κ3) is 4.79. The molecule has 110 valence electrons. The van der Waals surface area contributed by atoms with E-state index in [-0.39, 0.29) is 30.9 Å². The van der Waals surface area contributed by atoms with Crippen molar-refractivity contribution in [1.29, 1.82) is 0 Å². The first-order valence-corrected chi connectivity index (χ1v) is 5.71. The van der Waals surface area contributed by atoms with Crippen molar-refractivity contribution in [3.8, 4) is 12.3 Å². The number of rotatable bonds is 7. The van der Waals surface area contributed by atoms with Crippen LogP contribution in [0.5, 0.6) is 0 Å². The molecule has 0 aliphatic rings. The van der Waals surface area contributed by atoms with Crippen molar-refractivity contribution >= 4 is 23.0 Å². The highest BCUT2D eigenvalue weighted by atomic mass is 16.6. The number of terminal acetylenes is 1. The molecule has 21 heavy (non-hydrogen) atoms. The van der Waals surface area contributed by atoms with Gasteiger partial charge in [0.25, 0.3) is 11.4 Å². The summed E-state index contributed by atoms with van der Waals surface area (Å²) in [4.78, 5) is 31.1. The lowest BCUT2D eigenvalue weighted by molar-refractivity contribution is -0.393. The molecule has 0 amide bonds. The first-order valence-electron chi connectivity index (χ1n) is 5.71. The number of esters is 1. The minimum absolute atomic E-state index is 0.0458. The number of non-ortho nitro benzene ring substituents is 1. The molecule has 0 aromatic heterocycles. The Morgan fingerprint density at radius 3 is 2.62 bits per heavy atom. The van der Waals surface area contributed by atoms with Crippen LogP contribution in [0.3, 0.4) is 0 Å². The number of nitrogens with zero attached hydrogens (tertiary/aromatic N) is 2. The number of carbonyl (C=O) groups is 1. The van der Waals surface area contributed by atoms with Crippen molar-refractivity contribution in [1.82, 2.24) is 0 Å². The zero-order valence-electron chi connectivity index (χ0n) is 10.8. The van der Waals surface area contributed by atoms with Crippen molar-refractivity contribution in [2.75, 3.05) is 18.5 Å². The van der Waals surface area contributed by atoms with E-state index in [4.69, 9.17) is 6.42 Å². The summed E-state index contributed by atoms with van der Waals surface area (Å²) in [7, 11) is 0. The number of nitrogens with one attached hydrogen (secondary N) is 1. The molecule has 0 unspecified atom stereocenters. The summed E-state index contributed by atoms with van der Waals surface area (Å²) in [5, 5.41) is 24.1. The van der Waals surface area contributed by atoms with Crippen LogP contribution in [-0.4, -0.2) is 29.0 Å². The molecular weight excluding hydrogens is 282 g/mol. The molecular formula is C12H11N3O6. The number of benzene rings is 1. The fraction of sp³-hybridized carbons (Fsp3) is 0.250. The summed E-state index contributed by atoms with van der Waals surface area (Å²) >= 11 is 0. The second-order valence-electron chi connectivity index (χ2n) is 3.76. The lowest BCUT2D eigenvalue weighted by Crippen LogP contribution is -2.12. The zero-order valence-corrected chi connectivity index (χ0v) is 10.8. The van der Waals surface area contributed by atoms with E-state index in [1.54, 1.807) is 0 Å². The van der Waals surface area contributed by atoms with Gasteiger partial charge < -0.3 is 10.1 Å². The minimum atomic E-state index is -0.744. The minimum Gasteiger partial charge on any atom is -0.452 e. The highest BCUT2D eigenvalue weighted by molar-refractivity contribution is 5.71. The smallest absolute Gasteiger partial charge is 0.308 e. The van der Waals surface area contributed by atoms with Gasteiger partial charge >= 0.3 is 5.97 Å². The Kier molecular flexibility index (Phi) is 5.64. The molecule has 0 bridgehead atoms. The lowest BCUT2D eigenvalue weighted by atomic mass is 10.2. The number of carbonyl (C=O) groups excluding carboxylic acids is 1. The van der Waals surface area contributed by atoms with Crippen LogP contribution in [0.4, 0.5) is 17.1 Å². The summed E-state index contributed by atoms with van der Waals surface area (Å²) in [6, 6.07) is 3.19. The molecule has 0 radical (unpaired) electrons. The van der Waals surface area contributed by atoms with Crippen LogP contribution >= 0.6 is 0 Å². The van der Waals surface area contributed by atoms with Gasteiger partial charge in [-0.25, -0.2) is 0 Å². The van der Waals surface area contributed by atoms with Crippen molar-refractivity contribution in [2.24, 2.45) is 0 Å². The van der Waals surface area contributed by atoms with Gasteiger partial charge in [-0.05, 0) is 6.07 Å².